The number of nitrogens with zero attached hydrogens (tertiary/aromatic N) is 3. The lowest BCUT2D eigenvalue weighted by molar-refractivity contribution is 0.173. The van der Waals surface area contributed by atoms with Crippen LogP contribution in [0.2, 0.25) is 0 Å². The van der Waals surface area contributed by atoms with Crippen LogP contribution in [0.5, 0.6) is 5.75 Å². The quantitative estimate of drug-likeness (QED) is 0.816. The molecule has 4 rings (SSSR count). The SMILES string of the molecule is COc1ccc(CNC(=O)N2CCCC(c3nnc(C4CCCCC4)o3)C2)cc1. The highest BCUT2D eigenvalue weighted by Gasteiger charge is 2.29. The molecule has 0 spiro atoms. The van der Waals surface area contributed by atoms with Crippen LogP contribution in [0.25, 0.3) is 0 Å². The summed E-state index contributed by atoms with van der Waals surface area (Å²) in [4.78, 5) is 14.5. The van der Waals surface area contributed by atoms with Crippen LogP contribution < -0.4 is 10.1 Å². The molecule has 2 amide bonds. The van der Waals surface area contributed by atoms with Gasteiger partial charge in [-0.25, -0.2) is 4.79 Å². The molecule has 7 nitrogen and oxygen atoms in total. The molecule has 2 heterocycles. The van der Waals surface area contributed by atoms with Gasteiger partial charge in [0.1, 0.15) is 5.75 Å². The molecule has 2 aliphatic rings. The third-order valence-electron chi connectivity index (χ3n) is 6.07. The van der Waals surface area contributed by atoms with Gasteiger partial charge in [-0.05, 0) is 43.4 Å². The minimum absolute atomic E-state index is 0.0439. The van der Waals surface area contributed by atoms with Gasteiger partial charge in [-0.15, -0.1) is 10.2 Å². The van der Waals surface area contributed by atoms with Gasteiger partial charge in [0.15, 0.2) is 0 Å². The van der Waals surface area contributed by atoms with Gasteiger partial charge in [0.2, 0.25) is 11.8 Å². The van der Waals surface area contributed by atoms with Crippen LogP contribution in [-0.4, -0.2) is 41.3 Å². The monoisotopic (exact) mass is 398 g/mol. The topological polar surface area (TPSA) is 80.5 Å². The number of aromatic nitrogens is 2. The molecule has 156 valence electrons. The number of urea groups is 1. The Morgan fingerprint density at radius 1 is 1.07 bits per heavy atom. The number of likely N-dealkylation sites (tertiary alicyclic amines) is 1. The smallest absolute Gasteiger partial charge is 0.317 e. The second-order valence-electron chi connectivity index (χ2n) is 8.11. The van der Waals surface area contributed by atoms with Crippen LogP contribution in [0.1, 0.15) is 74.1 Å². The van der Waals surface area contributed by atoms with E-state index in [0.717, 1.165) is 49.4 Å². The first-order valence-corrected chi connectivity index (χ1v) is 10.7. The minimum atomic E-state index is -0.0439. The van der Waals surface area contributed by atoms with Crippen LogP contribution in [0.4, 0.5) is 4.79 Å². The fraction of sp³-hybridized carbons (Fsp3) is 0.591. The van der Waals surface area contributed by atoms with Crippen LogP contribution in [0, 0.1) is 0 Å². The second-order valence-corrected chi connectivity index (χ2v) is 8.11. The molecule has 1 aromatic carbocycles. The number of rotatable bonds is 5. The van der Waals surface area contributed by atoms with E-state index >= 15 is 0 Å². The summed E-state index contributed by atoms with van der Waals surface area (Å²) in [5, 5.41) is 11.7. The number of ether oxygens (including phenoxy) is 1. The number of benzene rings is 1. The first kappa shape index (κ1) is 19.7. The van der Waals surface area contributed by atoms with Crippen molar-refractivity contribution < 1.29 is 13.9 Å². The van der Waals surface area contributed by atoms with Gasteiger partial charge in [0.25, 0.3) is 0 Å². The Kier molecular flexibility index (Phi) is 6.32. The largest absolute Gasteiger partial charge is 0.497 e. The summed E-state index contributed by atoms with van der Waals surface area (Å²) in [7, 11) is 1.64. The zero-order valence-corrected chi connectivity index (χ0v) is 17.1. The molecule has 1 aliphatic carbocycles. The molecule has 2 aromatic rings. The molecule has 0 radical (unpaired) electrons. The van der Waals surface area contributed by atoms with Crippen molar-refractivity contribution in [3.63, 3.8) is 0 Å². The maximum atomic E-state index is 12.6. The lowest BCUT2D eigenvalue weighted by Crippen LogP contribution is -2.44. The number of hydrogen-bond donors (Lipinski definition) is 1. The van der Waals surface area contributed by atoms with E-state index in [1.807, 2.05) is 29.2 Å². The predicted octanol–water partition coefficient (Wildman–Crippen LogP) is 4.22. The van der Waals surface area contributed by atoms with Gasteiger partial charge in [0.05, 0.1) is 13.0 Å². The number of amides is 2. The van der Waals surface area contributed by atoms with E-state index in [0.29, 0.717) is 24.9 Å². The standard InChI is InChI=1S/C22H30N4O3/c1-28-19-11-9-16(10-12-19)14-23-22(27)26-13-5-8-18(15-26)21-25-24-20(29-21)17-6-3-2-4-7-17/h9-12,17-18H,2-8,13-15H2,1H3,(H,23,27). The molecule has 1 atom stereocenters. The lowest BCUT2D eigenvalue weighted by Gasteiger charge is -2.31. The van der Waals surface area contributed by atoms with Crippen molar-refractivity contribution in [3.05, 3.63) is 41.6 Å². The van der Waals surface area contributed by atoms with Gasteiger partial charge in [-0.2, -0.15) is 0 Å². The summed E-state index contributed by atoms with van der Waals surface area (Å²) < 4.78 is 11.2. The fourth-order valence-corrected chi connectivity index (χ4v) is 4.32. The van der Waals surface area contributed by atoms with E-state index in [-0.39, 0.29) is 11.9 Å². The third-order valence-corrected chi connectivity index (χ3v) is 6.07. The molecular weight excluding hydrogens is 368 g/mol. The average Bonchev–Trinajstić information content (AvgIpc) is 3.29. The second kappa shape index (κ2) is 9.29. The average molecular weight is 399 g/mol. The van der Waals surface area contributed by atoms with E-state index in [4.69, 9.17) is 9.15 Å². The zero-order valence-electron chi connectivity index (χ0n) is 17.1. The zero-order chi connectivity index (χ0) is 20.1. The molecule has 2 fully saturated rings. The van der Waals surface area contributed by atoms with Crippen molar-refractivity contribution in [2.24, 2.45) is 0 Å². The third kappa shape index (κ3) is 4.89. The molecule has 1 unspecified atom stereocenters. The number of carbonyl (C=O) groups is 1. The molecule has 1 saturated heterocycles. The highest BCUT2D eigenvalue weighted by molar-refractivity contribution is 5.74. The van der Waals surface area contributed by atoms with E-state index in [2.05, 4.69) is 15.5 Å². The summed E-state index contributed by atoms with van der Waals surface area (Å²) in [6, 6.07) is 7.68. The molecule has 0 bridgehead atoms. The normalized spacial score (nSPS) is 20.4. The first-order valence-electron chi connectivity index (χ1n) is 10.7. The van der Waals surface area contributed by atoms with E-state index in [1.165, 1.54) is 19.3 Å². The molecule has 1 saturated carbocycles. The molecular formula is C22H30N4O3. The maximum absolute atomic E-state index is 12.6. The number of nitrogens with one attached hydrogen (secondary N) is 1. The van der Waals surface area contributed by atoms with Crippen molar-refractivity contribution in [1.82, 2.24) is 20.4 Å². The lowest BCUT2D eigenvalue weighted by atomic mass is 9.89. The number of carbonyl (C=O) groups excluding carboxylic acids is 1. The minimum Gasteiger partial charge on any atom is -0.497 e. The highest BCUT2D eigenvalue weighted by Crippen LogP contribution is 2.34. The van der Waals surface area contributed by atoms with Crippen LogP contribution in [0.3, 0.4) is 0 Å². The summed E-state index contributed by atoms with van der Waals surface area (Å²) in [6.45, 7) is 1.88. The Morgan fingerprint density at radius 3 is 2.48 bits per heavy atom. The van der Waals surface area contributed by atoms with Gasteiger partial charge >= 0.3 is 6.03 Å². The Bertz CT molecular complexity index is 799. The van der Waals surface area contributed by atoms with Crippen molar-refractivity contribution in [1.29, 1.82) is 0 Å². The van der Waals surface area contributed by atoms with Gasteiger partial charge in [0, 0.05) is 25.6 Å². The van der Waals surface area contributed by atoms with Crippen LogP contribution in [0.15, 0.2) is 28.7 Å². The van der Waals surface area contributed by atoms with Gasteiger partial charge in [-0.1, -0.05) is 31.4 Å². The molecule has 1 N–H and O–H groups in total. The summed E-state index contributed by atoms with van der Waals surface area (Å²) >= 11 is 0. The first-order chi connectivity index (χ1) is 14.2. The Morgan fingerprint density at radius 2 is 1.76 bits per heavy atom. The van der Waals surface area contributed by atoms with E-state index in [1.54, 1.807) is 7.11 Å². The molecule has 1 aliphatic heterocycles. The summed E-state index contributed by atoms with van der Waals surface area (Å²) in [5.41, 5.74) is 1.04. The van der Waals surface area contributed by atoms with Crippen LogP contribution in [-0.2, 0) is 6.54 Å². The Hall–Kier alpha value is -2.57. The van der Waals surface area contributed by atoms with Gasteiger partial charge in [-0.3, -0.25) is 0 Å². The highest BCUT2D eigenvalue weighted by atomic mass is 16.5. The van der Waals surface area contributed by atoms with E-state index < -0.39 is 0 Å². The fourth-order valence-electron chi connectivity index (χ4n) is 4.32. The van der Waals surface area contributed by atoms with Crippen molar-refractivity contribution in [3.8, 4) is 5.75 Å². The predicted molar refractivity (Wildman–Crippen MR) is 109 cm³/mol. The Labute approximate surface area is 171 Å². The van der Waals surface area contributed by atoms with Crippen molar-refractivity contribution >= 4 is 6.03 Å². The summed E-state index contributed by atoms with van der Waals surface area (Å²) in [5.74, 6) is 2.84. The number of hydrogen-bond acceptors (Lipinski definition) is 5. The Balaban J connectivity index is 1.31. The number of methoxy groups -OCH3 is 1. The van der Waals surface area contributed by atoms with Crippen molar-refractivity contribution in [2.75, 3.05) is 20.2 Å². The molecule has 29 heavy (non-hydrogen) atoms. The van der Waals surface area contributed by atoms with Gasteiger partial charge < -0.3 is 19.4 Å². The summed E-state index contributed by atoms with van der Waals surface area (Å²) in [6.07, 6.45) is 8.01. The maximum Gasteiger partial charge on any atom is 0.317 e. The molecule has 1 aromatic heterocycles. The number of piperidine rings is 1. The van der Waals surface area contributed by atoms with Crippen molar-refractivity contribution in [2.45, 2.75) is 63.3 Å². The molecule has 7 heteroatoms. The van der Waals surface area contributed by atoms with E-state index in [9.17, 15) is 4.79 Å². The van der Waals surface area contributed by atoms with Crippen LogP contribution >= 0.6 is 0 Å².